The van der Waals surface area contributed by atoms with E-state index in [0.29, 0.717) is 0 Å². The van der Waals surface area contributed by atoms with E-state index < -0.39 is 0 Å². The molecule has 1 aliphatic rings. The highest BCUT2D eigenvalue weighted by molar-refractivity contribution is 7.18. The zero-order valence-corrected chi connectivity index (χ0v) is 9.66. The molecule has 0 amide bonds. The van der Waals surface area contributed by atoms with E-state index in [1.165, 1.54) is 35.1 Å². The van der Waals surface area contributed by atoms with E-state index in [9.17, 15) is 0 Å². The predicted molar refractivity (Wildman–Crippen MR) is 65.4 cm³/mol. The minimum Gasteiger partial charge on any atom is -0.398 e. The van der Waals surface area contributed by atoms with E-state index in [-0.39, 0.29) is 0 Å². The first-order chi connectivity index (χ1) is 7.25. The summed E-state index contributed by atoms with van der Waals surface area (Å²) in [6, 6.07) is 2.04. The normalized spacial score (nSPS) is 15.5. The van der Waals surface area contributed by atoms with E-state index in [1.54, 1.807) is 0 Å². The Morgan fingerprint density at radius 1 is 1.27 bits per heavy atom. The van der Waals surface area contributed by atoms with Gasteiger partial charge in [0.15, 0.2) is 0 Å². The summed E-state index contributed by atoms with van der Waals surface area (Å²) < 4.78 is 1.37. The molecule has 3 heteroatoms. The van der Waals surface area contributed by atoms with Gasteiger partial charge < -0.3 is 5.73 Å². The van der Waals surface area contributed by atoms with Crippen molar-refractivity contribution in [1.82, 2.24) is 4.98 Å². The maximum Gasteiger partial charge on any atom is 0.0907 e. The van der Waals surface area contributed by atoms with Crippen LogP contribution in [0, 0.1) is 6.92 Å². The molecule has 15 heavy (non-hydrogen) atoms. The Hall–Kier alpha value is -1.09. The number of aromatic nitrogens is 1. The van der Waals surface area contributed by atoms with Gasteiger partial charge in [-0.05, 0) is 49.8 Å². The fraction of sp³-hybridized carbons (Fsp3) is 0.417. The van der Waals surface area contributed by atoms with E-state index in [1.807, 2.05) is 17.4 Å². The number of nitrogen functional groups attached to an aromatic ring is 1. The summed E-state index contributed by atoms with van der Waals surface area (Å²) in [5.41, 5.74) is 11.0. The Labute approximate surface area is 93.1 Å². The summed E-state index contributed by atoms with van der Waals surface area (Å²) in [7, 11) is 0. The van der Waals surface area contributed by atoms with Crippen LogP contribution in [0.25, 0.3) is 10.2 Å². The standard InChI is InChI=1S/C12H14N2S/c1-7-14-11-6-10(13)8-4-2-3-5-9(8)12(11)15-7/h6H,2-5,13H2,1H3. The Morgan fingerprint density at radius 2 is 2.00 bits per heavy atom. The zero-order valence-electron chi connectivity index (χ0n) is 8.84. The first kappa shape index (κ1) is 9.16. The molecule has 2 aromatic rings. The molecule has 3 rings (SSSR count). The second kappa shape index (κ2) is 3.20. The molecule has 0 unspecified atom stereocenters. The van der Waals surface area contributed by atoms with Crippen LogP contribution in [0.4, 0.5) is 5.69 Å². The number of hydrogen-bond acceptors (Lipinski definition) is 3. The van der Waals surface area contributed by atoms with Gasteiger partial charge in [0.25, 0.3) is 0 Å². The molecule has 1 aromatic heterocycles. The highest BCUT2D eigenvalue weighted by atomic mass is 32.1. The Morgan fingerprint density at radius 3 is 2.80 bits per heavy atom. The van der Waals surface area contributed by atoms with Gasteiger partial charge >= 0.3 is 0 Å². The first-order valence-corrected chi connectivity index (χ1v) is 6.25. The lowest BCUT2D eigenvalue weighted by atomic mass is 9.90. The van der Waals surface area contributed by atoms with Crippen molar-refractivity contribution < 1.29 is 0 Å². The van der Waals surface area contributed by atoms with Crippen LogP contribution in [0.3, 0.4) is 0 Å². The van der Waals surface area contributed by atoms with E-state index in [4.69, 9.17) is 5.73 Å². The number of fused-ring (bicyclic) bond motifs is 3. The topological polar surface area (TPSA) is 38.9 Å². The number of rotatable bonds is 0. The van der Waals surface area contributed by atoms with Gasteiger partial charge in [-0.15, -0.1) is 11.3 Å². The van der Waals surface area contributed by atoms with Crippen LogP contribution in [0.2, 0.25) is 0 Å². The van der Waals surface area contributed by atoms with Crippen molar-refractivity contribution >= 4 is 27.2 Å². The average Bonchev–Trinajstić information content (AvgIpc) is 2.59. The Balaban J connectivity index is 2.38. The lowest BCUT2D eigenvalue weighted by molar-refractivity contribution is 0.692. The van der Waals surface area contributed by atoms with Crippen molar-refractivity contribution in [1.29, 1.82) is 0 Å². The van der Waals surface area contributed by atoms with Gasteiger partial charge in [-0.2, -0.15) is 0 Å². The van der Waals surface area contributed by atoms with E-state index in [0.717, 1.165) is 22.6 Å². The second-order valence-corrected chi connectivity index (χ2v) is 5.41. The van der Waals surface area contributed by atoms with Crippen LogP contribution in [-0.4, -0.2) is 4.98 Å². The Bertz CT molecular complexity index is 528. The monoisotopic (exact) mass is 218 g/mol. The van der Waals surface area contributed by atoms with Crippen LogP contribution in [-0.2, 0) is 12.8 Å². The minimum absolute atomic E-state index is 0.947. The molecule has 2 nitrogen and oxygen atoms in total. The van der Waals surface area contributed by atoms with Gasteiger partial charge in [-0.1, -0.05) is 0 Å². The summed E-state index contributed by atoms with van der Waals surface area (Å²) >= 11 is 1.81. The quantitative estimate of drug-likeness (QED) is 0.690. The van der Waals surface area contributed by atoms with Gasteiger partial charge in [-0.25, -0.2) is 4.98 Å². The molecule has 0 spiro atoms. The third-order valence-corrected chi connectivity index (χ3v) is 4.19. The molecule has 1 aliphatic carbocycles. The van der Waals surface area contributed by atoms with Crippen molar-refractivity contribution in [2.45, 2.75) is 32.6 Å². The summed E-state index contributed by atoms with van der Waals surface area (Å²) in [6.07, 6.45) is 4.90. The largest absolute Gasteiger partial charge is 0.398 e. The van der Waals surface area contributed by atoms with Crippen molar-refractivity contribution in [2.24, 2.45) is 0 Å². The van der Waals surface area contributed by atoms with Crippen LogP contribution in [0.1, 0.15) is 29.0 Å². The summed E-state index contributed by atoms with van der Waals surface area (Å²) in [5.74, 6) is 0. The SMILES string of the molecule is Cc1nc2cc(N)c3c(c2s1)CCCC3. The molecule has 2 N–H and O–H groups in total. The van der Waals surface area contributed by atoms with Crippen LogP contribution >= 0.6 is 11.3 Å². The number of anilines is 1. The lowest BCUT2D eigenvalue weighted by Crippen LogP contribution is -2.06. The number of nitrogens with zero attached hydrogens (tertiary/aromatic N) is 1. The van der Waals surface area contributed by atoms with Gasteiger partial charge in [-0.3, -0.25) is 0 Å². The van der Waals surface area contributed by atoms with Crippen LogP contribution in [0.5, 0.6) is 0 Å². The molecule has 0 saturated heterocycles. The summed E-state index contributed by atoms with van der Waals surface area (Å²) in [4.78, 5) is 4.52. The number of hydrogen-bond donors (Lipinski definition) is 1. The highest BCUT2D eigenvalue weighted by Crippen LogP contribution is 2.36. The van der Waals surface area contributed by atoms with Crippen molar-refractivity contribution in [3.63, 3.8) is 0 Å². The minimum atomic E-state index is 0.947. The molecule has 78 valence electrons. The fourth-order valence-corrected chi connectivity index (χ4v) is 3.46. The molecule has 0 fully saturated rings. The number of benzene rings is 1. The zero-order chi connectivity index (χ0) is 10.4. The molecular formula is C12H14N2S. The van der Waals surface area contributed by atoms with Crippen molar-refractivity contribution in [3.8, 4) is 0 Å². The molecule has 0 aliphatic heterocycles. The summed E-state index contributed by atoms with van der Waals surface area (Å²) in [5, 5.41) is 1.14. The third kappa shape index (κ3) is 1.34. The second-order valence-electron chi connectivity index (χ2n) is 4.21. The van der Waals surface area contributed by atoms with Gasteiger partial charge in [0.2, 0.25) is 0 Å². The molecular weight excluding hydrogens is 204 g/mol. The van der Waals surface area contributed by atoms with E-state index in [2.05, 4.69) is 11.9 Å². The maximum atomic E-state index is 6.08. The van der Waals surface area contributed by atoms with Gasteiger partial charge in [0.05, 0.1) is 15.2 Å². The maximum absolute atomic E-state index is 6.08. The van der Waals surface area contributed by atoms with Gasteiger partial charge in [0, 0.05) is 5.69 Å². The predicted octanol–water partition coefficient (Wildman–Crippen LogP) is 3.07. The van der Waals surface area contributed by atoms with Crippen LogP contribution < -0.4 is 5.73 Å². The molecule has 0 saturated carbocycles. The lowest BCUT2D eigenvalue weighted by Gasteiger charge is -2.17. The summed E-state index contributed by atoms with van der Waals surface area (Å²) in [6.45, 7) is 2.07. The number of thiazole rings is 1. The Kier molecular flexibility index (Phi) is 1.96. The van der Waals surface area contributed by atoms with Gasteiger partial charge in [0.1, 0.15) is 0 Å². The molecule has 0 bridgehead atoms. The van der Waals surface area contributed by atoms with Crippen molar-refractivity contribution in [3.05, 3.63) is 22.2 Å². The smallest absolute Gasteiger partial charge is 0.0907 e. The number of aryl methyl sites for hydroxylation is 2. The fourth-order valence-electron chi connectivity index (χ4n) is 2.47. The molecule has 1 aromatic carbocycles. The number of nitrogens with two attached hydrogens (primary N) is 1. The molecule has 0 atom stereocenters. The molecule has 1 heterocycles. The van der Waals surface area contributed by atoms with Crippen molar-refractivity contribution in [2.75, 3.05) is 5.73 Å². The highest BCUT2D eigenvalue weighted by Gasteiger charge is 2.17. The third-order valence-electron chi connectivity index (χ3n) is 3.14. The average molecular weight is 218 g/mol. The van der Waals surface area contributed by atoms with Crippen LogP contribution in [0.15, 0.2) is 6.07 Å². The molecule has 0 radical (unpaired) electrons. The van der Waals surface area contributed by atoms with E-state index >= 15 is 0 Å². The first-order valence-electron chi connectivity index (χ1n) is 5.43.